The van der Waals surface area contributed by atoms with E-state index in [0.717, 1.165) is 4.90 Å². The van der Waals surface area contributed by atoms with Crippen LogP contribution < -0.4 is 0 Å². The Balaban J connectivity index is 1.65. The maximum atomic E-state index is 12.1. The fourth-order valence-corrected chi connectivity index (χ4v) is 2.95. The number of likely N-dealkylation sites (N-methyl/N-ethyl adjacent to an activating group) is 1. The van der Waals surface area contributed by atoms with Gasteiger partial charge in [0.15, 0.2) is 0 Å². The Hall–Kier alpha value is -3.00. The average molecular weight is 344 g/mol. The van der Waals surface area contributed by atoms with Crippen LogP contribution in [0, 0.1) is 0 Å². The van der Waals surface area contributed by atoms with Crippen molar-refractivity contribution < 1.29 is 24.0 Å². The molecule has 0 bridgehead atoms. The van der Waals surface area contributed by atoms with E-state index in [1.165, 1.54) is 30.5 Å². The number of thiophene rings is 1. The second-order valence-corrected chi connectivity index (χ2v) is 6.00. The van der Waals surface area contributed by atoms with Crippen molar-refractivity contribution in [2.24, 2.45) is 0 Å². The van der Waals surface area contributed by atoms with Gasteiger partial charge >= 0.3 is 5.97 Å². The monoisotopic (exact) mass is 344 g/mol. The third kappa shape index (κ3) is 2.79. The summed E-state index contributed by atoms with van der Waals surface area (Å²) < 4.78 is 0. The molecule has 1 aliphatic heterocycles. The summed E-state index contributed by atoms with van der Waals surface area (Å²) in [6.07, 6.45) is 0. The molecule has 0 radical (unpaired) electrons. The number of hydroxylamine groups is 2. The van der Waals surface area contributed by atoms with Crippen molar-refractivity contribution in [1.82, 2.24) is 9.96 Å². The van der Waals surface area contributed by atoms with Crippen molar-refractivity contribution in [2.75, 3.05) is 13.6 Å². The molecule has 0 saturated heterocycles. The highest BCUT2D eigenvalue weighted by Crippen LogP contribution is 2.22. The minimum atomic E-state index is -0.878. The molecule has 7 nitrogen and oxygen atoms in total. The summed E-state index contributed by atoms with van der Waals surface area (Å²) in [5.74, 6) is -2.62. The van der Waals surface area contributed by atoms with Gasteiger partial charge in [-0.15, -0.1) is 11.3 Å². The Morgan fingerprint density at radius 3 is 2.25 bits per heavy atom. The van der Waals surface area contributed by atoms with Crippen LogP contribution in [0.1, 0.15) is 30.4 Å². The molecule has 8 heteroatoms. The van der Waals surface area contributed by atoms with E-state index in [1.807, 2.05) is 0 Å². The molecule has 0 saturated carbocycles. The van der Waals surface area contributed by atoms with Crippen LogP contribution in [0.4, 0.5) is 0 Å². The standard InChI is InChI=1S/C16H12N2O5S/c1-17(16(22)12-7-4-8-24-12)9-13(19)23-18-14(20)10-5-2-3-6-11(10)15(18)21/h2-8H,9H2,1H3. The summed E-state index contributed by atoms with van der Waals surface area (Å²) in [6.45, 7) is -0.385. The van der Waals surface area contributed by atoms with Gasteiger partial charge in [-0.3, -0.25) is 14.4 Å². The zero-order chi connectivity index (χ0) is 17.3. The topological polar surface area (TPSA) is 84.0 Å². The van der Waals surface area contributed by atoms with Gasteiger partial charge in [-0.05, 0) is 23.6 Å². The lowest BCUT2D eigenvalue weighted by Crippen LogP contribution is -2.38. The SMILES string of the molecule is CN(CC(=O)ON1C(=O)c2ccccc2C1=O)C(=O)c1cccs1. The van der Waals surface area contributed by atoms with Gasteiger partial charge in [0, 0.05) is 7.05 Å². The van der Waals surface area contributed by atoms with E-state index in [1.54, 1.807) is 29.6 Å². The van der Waals surface area contributed by atoms with Gasteiger partial charge < -0.3 is 9.74 Å². The van der Waals surface area contributed by atoms with Crippen LogP contribution in [0.5, 0.6) is 0 Å². The van der Waals surface area contributed by atoms with E-state index in [4.69, 9.17) is 4.84 Å². The van der Waals surface area contributed by atoms with Crippen molar-refractivity contribution in [3.63, 3.8) is 0 Å². The molecule has 122 valence electrons. The summed E-state index contributed by atoms with van der Waals surface area (Å²) in [5.41, 5.74) is 0.358. The molecule has 0 spiro atoms. The summed E-state index contributed by atoms with van der Waals surface area (Å²) in [5, 5.41) is 2.18. The number of hydrogen-bond acceptors (Lipinski definition) is 6. The predicted molar refractivity (Wildman–Crippen MR) is 84.3 cm³/mol. The first-order chi connectivity index (χ1) is 11.5. The van der Waals surface area contributed by atoms with Gasteiger partial charge in [0.05, 0.1) is 16.0 Å². The number of amides is 3. The first kappa shape index (κ1) is 15.9. The largest absolute Gasteiger partial charge is 0.352 e. The lowest BCUT2D eigenvalue weighted by molar-refractivity contribution is -0.168. The number of hydrogen-bond donors (Lipinski definition) is 0. The highest BCUT2D eigenvalue weighted by Gasteiger charge is 2.38. The Kier molecular flexibility index (Phi) is 4.13. The summed E-state index contributed by atoms with van der Waals surface area (Å²) in [4.78, 5) is 54.7. The van der Waals surface area contributed by atoms with E-state index in [-0.39, 0.29) is 23.6 Å². The molecule has 0 N–H and O–H groups in total. The van der Waals surface area contributed by atoms with E-state index in [0.29, 0.717) is 9.94 Å². The van der Waals surface area contributed by atoms with Crippen molar-refractivity contribution in [2.45, 2.75) is 0 Å². The number of nitrogens with zero attached hydrogens (tertiary/aromatic N) is 2. The smallest absolute Gasteiger partial charge is 0.330 e. The lowest BCUT2D eigenvalue weighted by Gasteiger charge is -2.17. The van der Waals surface area contributed by atoms with Crippen molar-refractivity contribution in [3.05, 3.63) is 57.8 Å². The van der Waals surface area contributed by atoms with Crippen LogP contribution in [0.15, 0.2) is 41.8 Å². The van der Waals surface area contributed by atoms with E-state index < -0.39 is 17.8 Å². The molecule has 0 atom stereocenters. The van der Waals surface area contributed by atoms with Gasteiger partial charge in [0.25, 0.3) is 17.7 Å². The van der Waals surface area contributed by atoms with Gasteiger partial charge in [0.1, 0.15) is 6.54 Å². The second-order valence-electron chi connectivity index (χ2n) is 5.05. The fourth-order valence-electron chi connectivity index (χ4n) is 2.23. The summed E-state index contributed by atoms with van der Waals surface area (Å²) in [6, 6.07) is 9.55. The first-order valence-electron chi connectivity index (χ1n) is 6.96. The van der Waals surface area contributed by atoms with Gasteiger partial charge in [0.2, 0.25) is 0 Å². The minimum Gasteiger partial charge on any atom is -0.330 e. The highest BCUT2D eigenvalue weighted by molar-refractivity contribution is 7.12. The average Bonchev–Trinajstić information content (AvgIpc) is 3.18. The molecule has 3 amide bonds. The third-order valence-corrected chi connectivity index (χ3v) is 4.25. The van der Waals surface area contributed by atoms with Crippen LogP contribution in [-0.2, 0) is 9.63 Å². The van der Waals surface area contributed by atoms with Gasteiger partial charge in [-0.25, -0.2) is 4.79 Å². The third-order valence-electron chi connectivity index (χ3n) is 3.39. The molecule has 2 heterocycles. The molecule has 1 aromatic heterocycles. The second kappa shape index (κ2) is 6.25. The van der Waals surface area contributed by atoms with Crippen LogP contribution in [-0.4, -0.2) is 47.2 Å². The molecular weight excluding hydrogens is 332 g/mol. The highest BCUT2D eigenvalue weighted by atomic mass is 32.1. The molecule has 0 aliphatic carbocycles. The minimum absolute atomic E-state index is 0.179. The Morgan fingerprint density at radius 1 is 1.08 bits per heavy atom. The molecule has 0 unspecified atom stereocenters. The number of carbonyl (C=O) groups excluding carboxylic acids is 4. The molecular formula is C16H12N2O5S. The zero-order valence-electron chi connectivity index (χ0n) is 12.6. The summed E-state index contributed by atoms with van der Waals surface area (Å²) >= 11 is 1.25. The molecule has 0 fully saturated rings. The predicted octanol–water partition coefficient (Wildman–Crippen LogP) is 1.57. The van der Waals surface area contributed by atoms with E-state index in [9.17, 15) is 19.2 Å². The quantitative estimate of drug-likeness (QED) is 0.786. The fraction of sp³-hybridized carbons (Fsp3) is 0.125. The Morgan fingerprint density at radius 2 is 1.71 bits per heavy atom. The number of rotatable bonds is 4. The number of carbonyl (C=O) groups is 4. The van der Waals surface area contributed by atoms with Crippen LogP contribution in [0.2, 0.25) is 0 Å². The van der Waals surface area contributed by atoms with Gasteiger partial charge in [-0.2, -0.15) is 0 Å². The zero-order valence-corrected chi connectivity index (χ0v) is 13.4. The summed E-state index contributed by atoms with van der Waals surface area (Å²) in [7, 11) is 1.44. The van der Waals surface area contributed by atoms with Gasteiger partial charge in [-0.1, -0.05) is 23.3 Å². The first-order valence-corrected chi connectivity index (χ1v) is 7.84. The van der Waals surface area contributed by atoms with E-state index in [2.05, 4.69) is 0 Å². The maximum absolute atomic E-state index is 12.1. The van der Waals surface area contributed by atoms with Crippen LogP contribution in [0.25, 0.3) is 0 Å². The number of fused-ring (bicyclic) bond motifs is 1. The molecule has 3 rings (SSSR count). The normalized spacial score (nSPS) is 13.0. The molecule has 1 aromatic carbocycles. The van der Waals surface area contributed by atoms with Crippen molar-refractivity contribution in [3.8, 4) is 0 Å². The molecule has 2 aromatic rings. The van der Waals surface area contributed by atoms with Crippen LogP contribution >= 0.6 is 11.3 Å². The lowest BCUT2D eigenvalue weighted by atomic mass is 10.1. The number of benzene rings is 1. The maximum Gasteiger partial charge on any atom is 0.352 e. The molecule has 24 heavy (non-hydrogen) atoms. The van der Waals surface area contributed by atoms with Crippen molar-refractivity contribution in [1.29, 1.82) is 0 Å². The molecule has 1 aliphatic rings. The Labute approximate surface area is 141 Å². The van der Waals surface area contributed by atoms with Crippen molar-refractivity contribution >= 4 is 35.0 Å². The van der Waals surface area contributed by atoms with E-state index >= 15 is 0 Å². The van der Waals surface area contributed by atoms with Crippen LogP contribution in [0.3, 0.4) is 0 Å². The number of imide groups is 1. The Bertz CT molecular complexity index is 796.